The molecule has 2 aromatic heterocycles. The number of nitrogens with zero attached hydrogens (tertiary/aromatic N) is 4. The van der Waals surface area contributed by atoms with Gasteiger partial charge in [0.05, 0.1) is 18.0 Å². The number of hydrogen-bond donors (Lipinski definition) is 0. The third-order valence-electron chi connectivity index (χ3n) is 6.84. The molecular formula is C29H32N4O2. The molecule has 1 saturated heterocycles. The molecule has 1 aliphatic rings. The predicted molar refractivity (Wildman–Crippen MR) is 139 cm³/mol. The van der Waals surface area contributed by atoms with Gasteiger partial charge in [-0.2, -0.15) is 0 Å². The van der Waals surface area contributed by atoms with E-state index in [0.717, 1.165) is 47.0 Å². The first-order chi connectivity index (χ1) is 17.2. The molecule has 1 fully saturated rings. The van der Waals surface area contributed by atoms with Crippen LogP contribution in [0, 0.1) is 6.92 Å². The number of hydrogen-bond acceptors (Lipinski definition) is 4. The number of aromatic nitrogens is 2. The summed E-state index contributed by atoms with van der Waals surface area (Å²) in [5.74, 6) is 1.03. The molecule has 35 heavy (non-hydrogen) atoms. The molecule has 0 radical (unpaired) electrons. The molecule has 1 atom stereocenters. The lowest BCUT2D eigenvalue weighted by Gasteiger charge is -2.37. The quantitative estimate of drug-likeness (QED) is 0.387. The zero-order valence-corrected chi connectivity index (χ0v) is 20.4. The number of anilines is 1. The lowest BCUT2D eigenvalue weighted by Crippen LogP contribution is -2.49. The van der Waals surface area contributed by atoms with Crippen LogP contribution in [0.4, 0.5) is 5.69 Å². The van der Waals surface area contributed by atoms with Crippen molar-refractivity contribution < 1.29 is 9.53 Å². The standard InChI is InChI=1S/C29H32N4O2/c1-3-35-27-14-8-7-13-25(27)31-16-18-32(19-17-31)28(34)20-24(23-11-5-4-6-12-23)26-21-30-29-22(2)10-9-15-33(26)29/h4-15,21,24H,3,16-20H2,1-2H3. The van der Waals surface area contributed by atoms with Crippen molar-refractivity contribution in [1.82, 2.24) is 14.3 Å². The minimum Gasteiger partial charge on any atom is -0.492 e. The summed E-state index contributed by atoms with van der Waals surface area (Å²) >= 11 is 0. The summed E-state index contributed by atoms with van der Waals surface area (Å²) in [5.41, 5.74) is 5.35. The number of para-hydroxylation sites is 2. The number of piperazine rings is 1. The van der Waals surface area contributed by atoms with E-state index in [4.69, 9.17) is 4.74 Å². The SMILES string of the molecule is CCOc1ccccc1N1CCN(C(=O)CC(c2ccccc2)c2cnc3c(C)cccn23)CC1. The molecular weight excluding hydrogens is 436 g/mol. The Kier molecular flexibility index (Phi) is 6.70. The zero-order valence-electron chi connectivity index (χ0n) is 20.4. The fourth-order valence-corrected chi connectivity index (χ4v) is 5.00. The van der Waals surface area contributed by atoms with Gasteiger partial charge in [-0.25, -0.2) is 4.98 Å². The number of carbonyl (C=O) groups is 1. The average Bonchev–Trinajstić information content (AvgIpc) is 3.33. The highest BCUT2D eigenvalue weighted by Crippen LogP contribution is 2.32. The molecule has 5 rings (SSSR count). The summed E-state index contributed by atoms with van der Waals surface area (Å²) in [5, 5.41) is 0. The summed E-state index contributed by atoms with van der Waals surface area (Å²) in [6, 6.07) is 22.6. The van der Waals surface area contributed by atoms with E-state index in [1.807, 2.05) is 66.7 Å². The van der Waals surface area contributed by atoms with E-state index in [0.29, 0.717) is 26.1 Å². The molecule has 0 aliphatic carbocycles. The number of amides is 1. The van der Waals surface area contributed by atoms with Crippen LogP contribution in [0.25, 0.3) is 5.65 Å². The van der Waals surface area contributed by atoms with Gasteiger partial charge in [0.2, 0.25) is 5.91 Å². The molecule has 2 aromatic carbocycles. The molecule has 180 valence electrons. The highest BCUT2D eigenvalue weighted by Gasteiger charge is 2.27. The van der Waals surface area contributed by atoms with Gasteiger partial charge >= 0.3 is 0 Å². The second-order valence-corrected chi connectivity index (χ2v) is 9.00. The monoisotopic (exact) mass is 468 g/mol. The van der Waals surface area contributed by atoms with Crippen LogP contribution in [0.2, 0.25) is 0 Å². The van der Waals surface area contributed by atoms with Gasteiger partial charge in [0.15, 0.2) is 0 Å². The molecule has 0 spiro atoms. The van der Waals surface area contributed by atoms with Crippen LogP contribution in [-0.2, 0) is 4.79 Å². The van der Waals surface area contributed by atoms with Crippen molar-refractivity contribution in [3.8, 4) is 5.75 Å². The number of ether oxygens (including phenoxy) is 1. The van der Waals surface area contributed by atoms with Crippen molar-refractivity contribution >= 4 is 17.2 Å². The van der Waals surface area contributed by atoms with Gasteiger partial charge in [-0.15, -0.1) is 0 Å². The Morgan fingerprint density at radius 3 is 2.49 bits per heavy atom. The number of benzene rings is 2. The average molecular weight is 469 g/mol. The summed E-state index contributed by atoms with van der Waals surface area (Å²) in [6.07, 6.45) is 4.39. The highest BCUT2D eigenvalue weighted by atomic mass is 16.5. The predicted octanol–water partition coefficient (Wildman–Crippen LogP) is 4.91. The lowest BCUT2D eigenvalue weighted by molar-refractivity contribution is -0.131. The third-order valence-corrected chi connectivity index (χ3v) is 6.84. The Morgan fingerprint density at radius 1 is 0.971 bits per heavy atom. The Hall–Kier alpha value is -3.80. The molecule has 1 aliphatic heterocycles. The first kappa shape index (κ1) is 23.0. The fraction of sp³-hybridized carbons (Fsp3) is 0.310. The van der Waals surface area contributed by atoms with Crippen molar-refractivity contribution in [2.24, 2.45) is 0 Å². The van der Waals surface area contributed by atoms with Crippen molar-refractivity contribution in [2.45, 2.75) is 26.2 Å². The first-order valence-electron chi connectivity index (χ1n) is 12.4. The Balaban J connectivity index is 1.34. The van der Waals surface area contributed by atoms with Gasteiger partial charge in [-0.05, 0) is 43.2 Å². The fourth-order valence-electron chi connectivity index (χ4n) is 5.00. The third kappa shape index (κ3) is 4.74. The van der Waals surface area contributed by atoms with Crippen LogP contribution < -0.4 is 9.64 Å². The number of aryl methyl sites for hydroxylation is 1. The van der Waals surface area contributed by atoms with Gasteiger partial charge in [0, 0.05) is 50.9 Å². The van der Waals surface area contributed by atoms with E-state index in [2.05, 4.69) is 45.5 Å². The van der Waals surface area contributed by atoms with Crippen LogP contribution in [-0.4, -0.2) is 53.0 Å². The van der Waals surface area contributed by atoms with Gasteiger partial charge in [0.1, 0.15) is 11.4 Å². The van der Waals surface area contributed by atoms with Gasteiger partial charge in [0.25, 0.3) is 0 Å². The summed E-state index contributed by atoms with van der Waals surface area (Å²) in [4.78, 5) is 22.5. The van der Waals surface area contributed by atoms with Gasteiger partial charge < -0.3 is 18.9 Å². The van der Waals surface area contributed by atoms with E-state index in [-0.39, 0.29) is 11.8 Å². The molecule has 0 bridgehead atoms. The summed E-state index contributed by atoms with van der Waals surface area (Å²) in [7, 11) is 0. The maximum absolute atomic E-state index is 13.5. The number of carbonyl (C=O) groups excluding carboxylic acids is 1. The molecule has 6 nitrogen and oxygen atoms in total. The van der Waals surface area contributed by atoms with Crippen LogP contribution >= 0.6 is 0 Å². The van der Waals surface area contributed by atoms with Crippen LogP contribution in [0.3, 0.4) is 0 Å². The molecule has 6 heteroatoms. The Morgan fingerprint density at radius 2 is 1.71 bits per heavy atom. The summed E-state index contributed by atoms with van der Waals surface area (Å²) < 4.78 is 7.95. The molecule has 1 unspecified atom stereocenters. The van der Waals surface area contributed by atoms with Crippen molar-refractivity contribution in [2.75, 3.05) is 37.7 Å². The lowest BCUT2D eigenvalue weighted by atomic mass is 9.92. The van der Waals surface area contributed by atoms with Gasteiger partial charge in [-0.3, -0.25) is 4.79 Å². The van der Waals surface area contributed by atoms with Crippen LogP contribution in [0.15, 0.2) is 79.1 Å². The largest absolute Gasteiger partial charge is 0.492 e. The number of imidazole rings is 1. The molecule has 4 aromatic rings. The Labute approximate surface area is 206 Å². The maximum atomic E-state index is 13.5. The molecule has 0 N–H and O–H groups in total. The van der Waals surface area contributed by atoms with E-state index in [1.54, 1.807) is 0 Å². The number of rotatable bonds is 7. The maximum Gasteiger partial charge on any atom is 0.223 e. The molecule has 3 heterocycles. The van der Waals surface area contributed by atoms with E-state index >= 15 is 0 Å². The van der Waals surface area contributed by atoms with Crippen LogP contribution in [0.5, 0.6) is 5.75 Å². The van der Waals surface area contributed by atoms with E-state index in [1.165, 1.54) is 0 Å². The smallest absolute Gasteiger partial charge is 0.223 e. The first-order valence-corrected chi connectivity index (χ1v) is 12.4. The molecule has 1 amide bonds. The van der Waals surface area contributed by atoms with E-state index < -0.39 is 0 Å². The highest BCUT2D eigenvalue weighted by molar-refractivity contribution is 5.78. The van der Waals surface area contributed by atoms with Crippen molar-refractivity contribution in [3.05, 3.63) is 95.9 Å². The molecule has 0 saturated carbocycles. The van der Waals surface area contributed by atoms with Crippen molar-refractivity contribution in [3.63, 3.8) is 0 Å². The van der Waals surface area contributed by atoms with Crippen molar-refractivity contribution in [1.29, 1.82) is 0 Å². The number of fused-ring (bicyclic) bond motifs is 1. The topological polar surface area (TPSA) is 50.1 Å². The zero-order chi connectivity index (χ0) is 24.2. The minimum atomic E-state index is -0.0581. The van der Waals surface area contributed by atoms with Crippen LogP contribution in [0.1, 0.15) is 36.1 Å². The minimum absolute atomic E-state index is 0.0581. The normalized spacial score (nSPS) is 14.8. The second kappa shape index (κ2) is 10.2. The number of pyridine rings is 1. The van der Waals surface area contributed by atoms with Gasteiger partial charge in [-0.1, -0.05) is 48.5 Å². The van der Waals surface area contributed by atoms with E-state index in [9.17, 15) is 4.79 Å². The second-order valence-electron chi connectivity index (χ2n) is 9.00. The summed E-state index contributed by atoms with van der Waals surface area (Å²) in [6.45, 7) is 7.69. The Bertz CT molecular complexity index is 1290.